The molecular formula is C13H13N5O. The summed E-state index contributed by atoms with van der Waals surface area (Å²) >= 11 is 0. The molecule has 0 amide bonds. The Morgan fingerprint density at radius 1 is 1.21 bits per heavy atom. The van der Waals surface area contributed by atoms with E-state index in [4.69, 9.17) is 10.00 Å². The lowest BCUT2D eigenvalue weighted by atomic mass is 10.2. The largest absolute Gasteiger partial charge is 0.497 e. The molecule has 0 spiro atoms. The van der Waals surface area contributed by atoms with E-state index in [0.29, 0.717) is 18.2 Å². The molecule has 1 heterocycles. The lowest BCUT2D eigenvalue weighted by Gasteiger charge is -2.07. The Morgan fingerprint density at radius 3 is 2.63 bits per heavy atom. The summed E-state index contributed by atoms with van der Waals surface area (Å²) in [5, 5.41) is 14.1. The van der Waals surface area contributed by atoms with E-state index in [1.807, 2.05) is 30.5 Å². The summed E-state index contributed by atoms with van der Waals surface area (Å²) in [6.45, 7) is 0.632. The molecule has 2 rings (SSSR count). The second-order valence-electron chi connectivity index (χ2n) is 3.73. The Labute approximate surface area is 111 Å². The molecule has 6 heteroatoms. The van der Waals surface area contributed by atoms with Crippen LogP contribution in [0.1, 0.15) is 5.56 Å². The normalized spacial score (nSPS) is 9.47. The molecule has 0 aliphatic rings. The maximum Gasteiger partial charge on any atom is 0.182 e. The third-order valence-electron chi connectivity index (χ3n) is 2.48. The molecule has 1 aromatic heterocycles. The highest BCUT2D eigenvalue weighted by atomic mass is 16.5. The van der Waals surface area contributed by atoms with Crippen LogP contribution < -0.4 is 15.4 Å². The number of rotatable bonds is 5. The highest BCUT2D eigenvalue weighted by Gasteiger charge is 1.99. The van der Waals surface area contributed by atoms with Gasteiger partial charge in [0.15, 0.2) is 6.19 Å². The van der Waals surface area contributed by atoms with Crippen molar-refractivity contribution in [3.05, 3.63) is 42.2 Å². The Balaban J connectivity index is 1.97. The van der Waals surface area contributed by atoms with Crippen molar-refractivity contribution in [1.29, 1.82) is 5.26 Å². The fourth-order valence-electron chi connectivity index (χ4n) is 1.52. The molecule has 0 aliphatic heterocycles. The summed E-state index contributed by atoms with van der Waals surface area (Å²) < 4.78 is 5.09. The van der Waals surface area contributed by atoms with Crippen LogP contribution in [0, 0.1) is 11.5 Å². The van der Waals surface area contributed by atoms with Crippen molar-refractivity contribution in [2.75, 3.05) is 17.7 Å². The van der Waals surface area contributed by atoms with Gasteiger partial charge < -0.3 is 10.1 Å². The first-order valence-electron chi connectivity index (χ1n) is 5.66. The van der Waals surface area contributed by atoms with Crippen molar-refractivity contribution in [3.8, 4) is 11.9 Å². The van der Waals surface area contributed by atoms with E-state index in [1.54, 1.807) is 13.2 Å². The molecule has 0 aliphatic carbocycles. The first-order valence-corrected chi connectivity index (χ1v) is 5.66. The van der Waals surface area contributed by atoms with E-state index in [1.165, 1.54) is 6.33 Å². The van der Waals surface area contributed by atoms with Crippen LogP contribution in [0.3, 0.4) is 0 Å². The molecule has 0 atom stereocenters. The molecule has 2 aromatic rings. The summed E-state index contributed by atoms with van der Waals surface area (Å²) in [6.07, 6.45) is 3.21. The van der Waals surface area contributed by atoms with Crippen LogP contribution in [0.15, 0.2) is 36.7 Å². The topological polar surface area (TPSA) is 82.9 Å². The maximum absolute atomic E-state index is 8.51. The van der Waals surface area contributed by atoms with Gasteiger partial charge in [0.05, 0.1) is 7.11 Å². The van der Waals surface area contributed by atoms with E-state index in [0.717, 1.165) is 11.3 Å². The van der Waals surface area contributed by atoms with Crippen molar-refractivity contribution >= 4 is 11.6 Å². The van der Waals surface area contributed by atoms with Gasteiger partial charge in [-0.2, -0.15) is 5.26 Å². The van der Waals surface area contributed by atoms with Gasteiger partial charge in [-0.05, 0) is 17.7 Å². The van der Waals surface area contributed by atoms with Gasteiger partial charge in [0, 0.05) is 12.6 Å². The number of aromatic nitrogens is 2. The molecule has 0 saturated carbocycles. The van der Waals surface area contributed by atoms with E-state index in [2.05, 4.69) is 20.6 Å². The van der Waals surface area contributed by atoms with Crippen LogP contribution in [0.2, 0.25) is 0 Å². The predicted molar refractivity (Wildman–Crippen MR) is 71.6 cm³/mol. The van der Waals surface area contributed by atoms with Crippen molar-refractivity contribution in [3.63, 3.8) is 0 Å². The zero-order valence-electron chi connectivity index (χ0n) is 10.4. The van der Waals surface area contributed by atoms with Gasteiger partial charge in [-0.3, -0.25) is 5.32 Å². The monoisotopic (exact) mass is 255 g/mol. The van der Waals surface area contributed by atoms with E-state index in [9.17, 15) is 0 Å². The minimum absolute atomic E-state index is 0.467. The Hall–Kier alpha value is -2.81. The lowest BCUT2D eigenvalue weighted by Crippen LogP contribution is -2.02. The molecule has 0 unspecified atom stereocenters. The SMILES string of the molecule is COc1ccc(CNc2cc(NC#N)ncn2)cc1. The lowest BCUT2D eigenvalue weighted by molar-refractivity contribution is 0.414. The predicted octanol–water partition coefficient (Wildman–Crippen LogP) is 1.99. The molecule has 96 valence electrons. The van der Waals surface area contributed by atoms with Crippen LogP contribution in [0.4, 0.5) is 11.6 Å². The fourth-order valence-corrected chi connectivity index (χ4v) is 1.52. The minimum atomic E-state index is 0.467. The van der Waals surface area contributed by atoms with Gasteiger partial charge in [-0.1, -0.05) is 12.1 Å². The molecule has 1 aromatic carbocycles. The van der Waals surface area contributed by atoms with Gasteiger partial charge >= 0.3 is 0 Å². The second kappa shape index (κ2) is 6.21. The zero-order chi connectivity index (χ0) is 13.5. The quantitative estimate of drug-likeness (QED) is 0.628. The van der Waals surface area contributed by atoms with Crippen LogP contribution >= 0.6 is 0 Å². The molecule has 0 fully saturated rings. The average Bonchev–Trinajstić information content (AvgIpc) is 2.46. The van der Waals surface area contributed by atoms with Crippen molar-refractivity contribution in [1.82, 2.24) is 9.97 Å². The summed E-state index contributed by atoms with van der Waals surface area (Å²) in [5.41, 5.74) is 1.11. The average molecular weight is 255 g/mol. The number of benzene rings is 1. The number of methoxy groups -OCH3 is 1. The van der Waals surface area contributed by atoms with Gasteiger partial charge in [-0.15, -0.1) is 0 Å². The minimum Gasteiger partial charge on any atom is -0.497 e. The molecule has 6 nitrogen and oxygen atoms in total. The van der Waals surface area contributed by atoms with Gasteiger partial charge in [0.25, 0.3) is 0 Å². The molecular weight excluding hydrogens is 242 g/mol. The zero-order valence-corrected chi connectivity index (χ0v) is 10.4. The number of nitriles is 1. The van der Waals surface area contributed by atoms with Crippen molar-refractivity contribution < 1.29 is 4.74 Å². The summed E-state index contributed by atoms with van der Waals surface area (Å²) in [6, 6.07) is 9.43. The van der Waals surface area contributed by atoms with Gasteiger partial charge in [-0.25, -0.2) is 9.97 Å². The van der Waals surface area contributed by atoms with Gasteiger partial charge in [0.2, 0.25) is 0 Å². The van der Waals surface area contributed by atoms with E-state index < -0.39 is 0 Å². The summed E-state index contributed by atoms with van der Waals surface area (Å²) in [4.78, 5) is 7.98. The number of hydrogen-bond acceptors (Lipinski definition) is 6. The van der Waals surface area contributed by atoms with Gasteiger partial charge in [0.1, 0.15) is 23.7 Å². The van der Waals surface area contributed by atoms with E-state index >= 15 is 0 Å². The highest BCUT2D eigenvalue weighted by Crippen LogP contribution is 2.13. The number of nitrogens with one attached hydrogen (secondary N) is 2. The Kier molecular flexibility index (Phi) is 4.13. The third-order valence-corrected chi connectivity index (χ3v) is 2.48. The number of ether oxygens (including phenoxy) is 1. The molecule has 0 radical (unpaired) electrons. The summed E-state index contributed by atoms with van der Waals surface area (Å²) in [7, 11) is 1.64. The smallest absolute Gasteiger partial charge is 0.182 e. The highest BCUT2D eigenvalue weighted by molar-refractivity contribution is 5.48. The van der Waals surface area contributed by atoms with Crippen LogP contribution in [-0.4, -0.2) is 17.1 Å². The standard InChI is InChI=1S/C13H13N5O/c1-19-11-4-2-10(3-5-11)7-15-12-6-13(16-8-14)18-9-17-12/h2-6,9H,7H2,1H3,(H2,15,16,17,18). The number of anilines is 2. The van der Waals surface area contributed by atoms with Crippen molar-refractivity contribution in [2.24, 2.45) is 0 Å². The Morgan fingerprint density at radius 2 is 1.95 bits per heavy atom. The Bertz CT molecular complexity index is 576. The van der Waals surface area contributed by atoms with Crippen LogP contribution in [0.5, 0.6) is 5.75 Å². The first-order chi connectivity index (χ1) is 9.31. The molecule has 0 saturated heterocycles. The first kappa shape index (κ1) is 12.6. The fraction of sp³-hybridized carbons (Fsp3) is 0.154. The van der Waals surface area contributed by atoms with Crippen LogP contribution in [-0.2, 0) is 6.54 Å². The van der Waals surface area contributed by atoms with E-state index in [-0.39, 0.29) is 0 Å². The summed E-state index contributed by atoms with van der Waals surface area (Å²) in [5.74, 6) is 1.95. The maximum atomic E-state index is 8.51. The second-order valence-corrected chi connectivity index (χ2v) is 3.73. The third kappa shape index (κ3) is 3.57. The van der Waals surface area contributed by atoms with Crippen molar-refractivity contribution in [2.45, 2.75) is 6.54 Å². The molecule has 0 bridgehead atoms. The van der Waals surface area contributed by atoms with Crippen LogP contribution in [0.25, 0.3) is 0 Å². The number of hydrogen-bond donors (Lipinski definition) is 2. The molecule has 2 N–H and O–H groups in total. The number of nitrogens with zero attached hydrogens (tertiary/aromatic N) is 3. The molecule has 19 heavy (non-hydrogen) atoms.